The van der Waals surface area contributed by atoms with Crippen molar-refractivity contribution in [2.24, 2.45) is 5.92 Å². The molecule has 0 bridgehead atoms. The molecular weight excluding hydrogens is 248 g/mol. The number of amides is 1. The maximum Gasteiger partial charge on any atom is 0.254 e. The summed E-state index contributed by atoms with van der Waals surface area (Å²) >= 11 is 5.75. The van der Waals surface area contributed by atoms with Crippen LogP contribution in [0.3, 0.4) is 0 Å². The predicted molar refractivity (Wildman–Crippen MR) is 76.6 cm³/mol. The van der Waals surface area contributed by atoms with Crippen LogP contribution in [0.4, 0.5) is 0 Å². The molecule has 0 unspecified atom stereocenters. The molecule has 1 amide bonds. The fraction of sp³-hybridized carbons (Fsp3) is 0.643. The van der Waals surface area contributed by atoms with Gasteiger partial charge in [0.25, 0.3) is 5.91 Å². The first kappa shape index (κ1) is 15.3. The summed E-state index contributed by atoms with van der Waals surface area (Å²) in [5.74, 6) is 0.457. The molecule has 0 aromatic carbocycles. The van der Waals surface area contributed by atoms with E-state index in [0.29, 0.717) is 11.5 Å². The molecule has 0 N–H and O–H groups in total. The Kier molecular flexibility index (Phi) is 6.44. The Balaban J connectivity index is 2.58. The molecule has 0 saturated carbocycles. The molecule has 0 aromatic rings. The van der Waals surface area contributed by atoms with Crippen LogP contribution in [0.5, 0.6) is 0 Å². The number of allylic oxidation sites excluding steroid dienone is 1. The van der Waals surface area contributed by atoms with Gasteiger partial charge in [0.15, 0.2) is 0 Å². The first-order valence-electron chi connectivity index (χ1n) is 6.58. The highest BCUT2D eigenvalue weighted by Crippen LogP contribution is 2.10. The number of hydrogen-bond donors (Lipinski definition) is 0. The summed E-state index contributed by atoms with van der Waals surface area (Å²) in [6, 6.07) is 0. The van der Waals surface area contributed by atoms with E-state index < -0.39 is 0 Å². The van der Waals surface area contributed by atoms with Crippen molar-refractivity contribution in [2.45, 2.75) is 20.8 Å². The first-order valence-corrected chi connectivity index (χ1v) is 7.02. The summed E-state index contributed by atoms with van der Waals surface area (Å²) in [4.78, 5) is 16.5. The molecule has 4 heteroatoms. The standard InChI is InChI=1S/C14H23ClN2O/c1-4-16-7-9-17(10-8-16)14(18)13(11-15)6-5-12(2)3/h5-6,11-12H,4,7-10H2,1-3H3. The molecular formula is C14H23ClN2O. The molecule has 0 spiro atoms. The van der Waals surface area contributed by atoms with Crippen LogP contribution in [-0.2, 0) is 4.79 Å². The third-order valence-corrected chi connectivity index (χ3v) is 3.37. The Hall–Kier alpha value is -0.800. The maximum atomic E-state index is 12.2. The number of likely N-dealkylation sites (N-methyl/N-ethyl adjacent to an activating group) is 1. The zero-order valence-corrected chi connectivity index (χ0v) is 12.3. The largest absolute Gasteiger partial charge is 0.336 e. The molecule has 1 saturated heterocycles. The highest BCUT2D eigenvalue weighted by atomic mass is 35.5. The van der Waals surface area contributed by atoms with E-state index in [4.69, 9.17) is 11.6 Å². The monoisotopic (exact) mass is 270 g/mol. The fourth-order valence-electron chi connectivity index (χ4n) is 1.90. The van der Waals surface area contributed by atoms with E-state index >= 15 is 0 Å². The molecule has 1 rings (SSSR count). The molecule has 1 fully saturated rings. The molecule has 0 aliphatic carbocycles. The molecule has 1 heterocycles. The van der Waals surface area contributed by atoms with Gasteiger partial charge in [-0.1, -0.05) is 44.5 Å². The van der Waals surface area contributed by atoms with E-state index in [1.165, 1.54) is 5.54 Å². The zero-order valence-electron chi connectivity index (χ0n) is 11.5. The van der Waals surface area contributed by atoms with Gasteiger partial charge < -0.3 is 9.80 Å². The summed E-state index contributed by atoms with van der Waals surface area (Å²) in [7, 11) is 0. The van der Waals surface area contributed by atoms with Gasteiger partial charge in [-0.05, 0) is 12.5 Å². The molecule has 102 valence electrons. The highest BCUT2D eigenvalue weighted by molar-refractivity contribution is 6.28. The van der Waals surface area contributed by atoms with Gasteiger partial charge in [0.2, 0.25) is 0 Å². The Morgan fingerprint density at radius 3 is 2.33 bits per heavy atom. The topological polar surface area (TPSA) is 23.6 Å². The Labute approximate surface area is 115 Å². The van der Waals surface area contributed by atoms with Crippen molar-refractivity contribution in [3.63, 3.8) is 0 Å². The van der Waals surface area contributed by atoms with Crippen LogP contribution in [0.15, 0.2) is 23.3 Å². The van der Waals surface area contributed by atoms with Gasteiger partial charge in [-0.3, -0.25) is 4.79 Å². The van der Waals surface area contributed by atoms with Crippen LogP contribution in [0.25, 0.3) is 0 Å². The Bertz CT molecular complexity index is 329. The first-order chi connectivity index (χ1) is 8.58. The normalized spacial score (nSPS) is 18.9. The quantitative estimate of drug-likeness (QED) is 0.579. The summed E-state index contributed by atoms with van der Waals surface area (Å²) in [6.07, 6.45) is 3.82. The van der Waals surface area contributed by atoms with Crippen molar-refractivity contribution in [1.29, 1.82) is 0 Å². The van der Waals surface area contributed by atoms with Gasteiger partial charge in [0.05, 0.1) is 5.57 Å². The van der Waals surface area contributed by atoms with Crippen molar-refractivity contribution in [2.75, 3.05) is 32.7 Å². The van der Waals surface area contributed by atoms with Crippen molar-refractivity contribution in [3.8, 4) is 0 Å². The van der Waals surface area contributed by atoms with Crippen molar-refractivity contribution in [1.82, 2.24) is 9.80 Å². The average molecular weight is 271 g/mol. The number of hydrogen-bond acceptors (Lipinski definition) is 2. The second-order valence-corrected chi connectivity index (χ2v) is 5.11. The SMILES string of the molecule is CCN1CCN(C(=O)C(C=CC(C)C)=CCl)CC1. The van der Waals surface area contributed by atoms with E-state index in [1.807, 2.05) is 17.1 Å². The van der Waals surface area contributed by atoms with Crippen LogP contribution in [-0.4, -0.2) is 48.4 Å². The van der Waals surface area contributed by atoms with Crippen LogP contribution in [0.1, 0.15) is 20.8 Å². The number of halogens is 1. The molecule has 1 aliphatic heterocycles. The van der Waals surface area contributed by atoms with Gasteiger partial charge in [0, 0.05) is 31.7 Å². The van der Waals surface area contributed by atoms with E-state index in [9.17, 15) is 4.79 Å². The number of rotatable bonds is 4. The van der Waals surface area contributed by atoms with Gasteiger partial charge in [-0.25, -0.2) is 0 Å². The van der Waals surface area contributed by atoms with E-state index in [2.05, 4.69) is 25.7 Å². The van der Waals surface area contributed by atoms with Crippen LogP contribution < -0.4 is 0 Å². The fourth-order valence-corrected chi connectivity index (χ4v) is 2.07. The molecule has 0 atom stereocenters. The number of carbonyl (C=O) groups excluding carboxylic acids is 1. The average Bonchev–Trinajstić information content (AvgIpc) is 2.39. The summed E-state index contributed by atoms with van der Waals surface area (Å²) in [6.45, 7) is 10.8. The molecule has 3 nitrogen and oxygen atoms in total. The highest BCUT2D eigenvalue weighted by Gasteiger charge is 2.21. The van der Waals surface area contributed by atoms with E-state index in [0.717, 1.165) is 32.7 Å². The van der Waals surface area contributed by atoms with E-state index in [-0.39, 0.29) is 5.91 Å². The second-order valence-electron chi connectivity index (χ2n) is 4.89. The lowest BCUT2D eigenvalue weighted by Crippen LogP contribution is -2.48. The van der Waals surface area contributed by atoms with Crippen LogP contribution in [0.2, 0.25) is 0 Å². The van der Waals surface area contributed by atoms with E-state index in [1.54, 1.807) is 0 Å². The van der Waals surface area contributed by atoms with Crippen LogP contribution >= 0.6 is 11.6 Å². The minimum atomic E-state index is 0.0395. The Morgan fingerprint density at radius 1 is 1.28 bits per heavy atom. The lowest BCUT2D eigenvalue weighted by Gasteiger charge is -2.34. The molecule has 18 heavy (non-hydrogen) atoms. The second kappa shape index (κ2) is 7.59. The number of nitrogens with zero attached hydrogens (tertiary/aromatic N) is 2. The molecule has 1 aliphatic rings. The molecule has 0 radical (unpaired) electrons. The van der Waals surface area contributed by atoms with Crippen LogP contribution in [0, 0.1) is 5.92 Å². The summed E-state index contributed by atoms with van der Waals surface area (Å²) in [5, 5.41) is 0. The minimum absolute atomic E-state index is 0.0395. The lowest BCUT2D eigenvalue weighted by atomic mass is 10.1. The van der Waals surface area contributed by atoms with Crippen molar-refractivity contribution < 1.29 is 4.79 Å². The van der Waals surface area contributed by atoms with Gasteiger partial charge in [-0.15, -0.1) is 0 Å². The van der Waals surface area contributed by atoms with Crippen molar-refractivity contribution >= 4 is 17.5 Å². The molecule has 0 aromatic heterocycles. The zero-order chi connectivity index (χ0) is 13.5. The smallest absolute Gasteiger partial charge is 0.254 e. The number of carbonyl (C=O) groups is 1. The number of piperazine rings is 1. The van der Waals surface area contributed by atoms with Gasteiger partial charge in [-0.2, -0.15) is 0 Å². The summed E-state index contributed by atoms with van der Waals surface area (Å²) in [5.41, 5.74) is 1.96. The maximum absolute atomic E-state index is 12.2. The predicted octanol–water partition coefficient (Wildman–Crippen LogP) is 2.49. The van der Waals surface area contributed by atoms with Gasteiger partial charge in [0.1, 0.15) is 0 Å². The minimum Gasteiger partial charge on any atom is -0.336 e. The summed E-state index contributed by atoms with van der Waals surface area (Å²) < 4.78 is 0. The third-order valence-electron chi connectivity index (χ3n) is 3.13. The third kappa shape index (κ3) is 4.46. The Morgan fingerprint density at radius 2 is 1.89 bits per heavy atom. The lowest BCUT2D eigenvalue weighted by molar-refractivity contribution is -0.128. The van der Waals surface area contributed by atoms with Gasteiger partial charge >= 0.3 is 0 Å². The van der Waals surface area contributed by atoms with Crippen molar-refractivity contribution in [3.05, 3.63) is 23.3 Å².